The highest BCUT2D eigenvalue weighted by molar-refractivity contribution is 6.30. The van der Waals surface area contributed by atoms with Crippen molar-refractivity contribution in [3.8, 4) is 5.75 Å². The summed E-state index contributed by atoms with van der Waals surface area (Å²) < 4.78 is 5.44. The maximum absolute atomic E-state index is 11.7. The van der Waals surface area contributed by atoms with Crippen LogP contribution in [-0.2, 0) is 11.2 Å². The second-order valence-corrected chi connectivity index (χ2v) is 5.52. The Balaban J connectivity index is 1.81. The quantitative estimate of drug-likeness (QED) is 0.648. The Morgan fingerprint density at radius 3 is 2.65 bits per heavy atom. The molecule has 0 atom stereocenters. The van der Waals surface area contributed by atoms with Gasteiger partial charge in [-0.2, -0.15) is 5.10 Å². The number of carbonyl (C=O) groups excluding carboxylic acids is 1. The monoisotopic (exact) mass is 330 g/mol. The van der Waals surface area contributed by atoms with E-state index in [0.29, 0.717) is 10.8 Å². The van der Waals surface area contributed by atoms with Crippen LogP contribution in [0.3, 0.4) is 0 Å². The van der Waals surface area contributed by atoms with Crippen molar-refractivity contribution in [2.24, 2.45) is 5.10 Å². The lowest BCUT2D eigenvalue weighted by atomic mass is 10.1. The Hall–Kier alpha value is -2.33. The molecule has 2 aromatic rings. The van der Waals surface area contributed by atoms with Crippen molar-refractivity contribution in [2.75, 3.05) is 6.61 Å². The van der Waals surface area contributed by atoms with E-state index in [-0.39, 0.29) is 12.5 Å². The number of nitrogens with zero attached hydrogens (tertiary/aromatic N) is 1. The highest BCUT2D eigenvalue weighted by Gasteiger charge is 2.04. The molecule has 2 rings (SSSR count). The van der Waals surface area contributed by atoms with E-state index in [4.69, 9.17) is 16.3 Å². The maximum atomic E-state index is 11.7. The summed E-state index contributed by atoms with van der Waals surface area (Å²) in [5, 5.41) is 4.56. The summed E-state index contributed by atoms with van der Waals surface area (Å²) in [5.74, 6) is 0.310. The van der Waals surface area contributed by atoms with Gasteiger partial charge in [0, 0.05) is 5.02 Å². The molecule has 4 nitrogen and oxygen atoms in total. The zero-order chi connectivity index (χ0) is 16.7. The van der Waals surface area contributed by atoms with E-state index in [2.05, 4.69) is 17.5 Å². The van der Waals surface area contributed by atoms with Crippen LogP contribution in [0, 0.1) is 6.92 Å². The van der Waals surface area contributed by atoms with Gasteiger partial charge in [-0.25, -0.2) is 5.43 Å². The molecule has 5 heteroatoms. The smallest absolute Gasteiger partial charge is 0.277 e. The van der Waals surface area contributed by atoms with Crippen LogP contribution in [-0.4, -0.2) is 18.7 Å². The molecule has 2 aromatic carbocycles. The van der Waals surface area contributed by atoms with Gasteiger partial charge in [0.25, 0.3) is 5.91 Å². The normalized spacial score (nSPS) is 10.7. The lowest BCUT2D eigenvalue weighted by Gasteiger charge is -2.08. The molecule has 0 spiro atoms. The molecule has 0 bridgehead atoms. The maximum Gasteiger partial charge on any atom is 0.277 e. The minimum atomic E-state index is -0.319. The van der Waals surface area contributed by atoms with Crippen LogP contribution in [0.5, 0.6) is 5.75 Å². The number of rotatable bonds is 6. The van der Waals surface area contributed by atoms with E-state index in [1.54, 1.807) is 24.4 Å². The molecule has 120 valence electrons. The Bertz CT molecular complexity index is 697. The molecule has 0 heterocycles. The van der Waals surface area contributed by atoms with Crippen molar-refractivity contribution < 1.29 is 9.53 Å². The van der Waals surface area contributed by atoms with Crippen LogP contribution in [0.15, 0.2) is 47.6 Å². The Labute approximate surface area is 141 Å². The number of halogens is 1. The number of carbonyl (C=O) groups is 1. The van der Waals surface area contributed by atoms with Crippen LogP contribution < -0.4 is 10.2 Å². The van der Waals surface area contributed by atoms with Gasteiger partial charge in [0.1, 0.15) is 5.75 Å². The van der Waals surface area contributed by atoms with Crippen LogP contribution in [0.2, 0.25) is 5.02 Å². The first kappa shape index (κ1) is 17.0. The molecule has 0 fully saturated rings. The van der Waals surface area contributed by atoms with Gasteiger partial charge in [-0.05, 0) is 48.2 Å². The van der Waals surface area contributed by atoms with Gasteiger partial charge in [0.15, 0.2) is 6.61 Å². The van der Waals surface area contributed by atoms with Crippen LogP contribution >= 0.6 is 11.6 Å². The zero-order valence-electron chi connectivity index (χ0n) is 13.2. The SMILES string of the molecule is CCc1ccc(C=NNC(=O)COc2ccc(Cl)cc2C)cc1. The minimum Gasteiger partial charge on any atom is -0.483 e. The molecule has 0 aromatic heterocycles. The molecule has 0 aliphatic rings. The van der Waals surface area contributed by atoms with Crippen molar-refractivity contribution in [1.82, 2.24) is 5.43 Å². The van der Waals surface area contributed by atoms with Crippen molar-refractivity contribution in [3.63, 3.8) is 0 Å². The van der Waals surface area contributed by atoms with Gasteiger partial charge >= 0.3 is 0 Å². The predicted molar refractivity (Wildman–Crippen MR) is 93.2 cm³/mol. The number of amides is 1. The molecule has 0 aliphatic heterocycles. The van der Waals surface area contributed by atoms with Crippen molar-refractivity contribution >= 4 is 23.7 Å². The Kier molecular flexibility index (Phi) is 6.18. The van der Waals surface area contributed by atoms with Crippen molar-refractivity contribution in [1.29, 1.82) is 0 Å². The number of aryl methyl sites for hydroxylation is 2. The summed E-state index contributed by atoms with van der Waals surface area (Å²) in [6.45, 7) is 3.87. The summed E-state index contributed by atoms with van der Waals surface area (Å²) in [6, 6.07) is 13.2. The first-order valence-electron chi connectivity index (χ1n) is 7.38. The van der Waals surface area contributed by atoms with E-state index < -0.39 is 0 Å². The molecule has 23 heavy (non-hydrogen) atoms. The van der Waals surface area contributed by atoms with Crippen molar-refractivity contribution in [2.45, 2.75) is 20.3 Å². The summed E-state index contributed by atoms with van der Waals surface area (Å²) >= 11 is 5.87. The van der Waals surface area contributed by atoms with E-state index in [0.717, 1.165) is 17.5 Å². The Morgan fingerprint density at radius 1 is 1.26 bits per heavy atom. The molecule has 0 saturated heterocycles. The average molecular weight is 331 g/mol. The molecule has 0 saturated carbocycles. The number of ether oxygens (including phenoxy) is 1. The lowest BCUT2D eigenvalue weighted by Crippen LogP contribution is -2.24. The third-order valence-corrected chi connectivity index (χ3v) is 3.52. The van der Waals surface area contributed by atoms with Crippen molar-refractivity contribution in [3.05, 3.63) is 64.2 Å². The summed E-state index contributed by atoms with van der Waals surface area (Å²) in [6.07, 6.45) is 2.60. The third kappa shape index (κ3) is 5.42. The second kappa shape index (κ2) is 8.34. The highest BCUT2D eigenvalue weighted by atomic mass is 35.5. The molecule has 0 unspecified atom stereocenters. The van der Waals surface area contributed by atoms with E-state index in [9.17, 15) is 4.79 Å². The third-order valence-electron chi connectivity index (χ3n) is 3.29. The summed E-state index contributed by atoms with van der Waals surface area (Å²) in [7, 11) is 0. The molecule has 0 radical (unpaired) electrons. The minimum absolute atomic E-state index is 0.103. The molecule has 1 amide bonds. The number of hydrogen-bond acceptors (Lipinski definition) is 3. The van der Waals surface area contributed by atoms with Crippen LogP contribution in [0.25, 0.3) is 0 Å². The highest BCUT2D eigenvalue weighted by Crippen LogP contribution is 2.21. The molecular formula is C18H19ClN2O2. The van der Waals surface area contributed by atoms with Gasteiger partial charge in [-0.3, -0.25) is 4.79 Å². The van der Waals surface area contributed by atoms with Gasteiger partial charge in [-0.15, -0.1) is 0 Å². The van der Waals surface area contributed by atoms with Crippen LogP contribution in [0.1, 0.15) is 23.6 Å². The Morgan fingerprint density at radius 2 is 2.00 bits per heavy atom. The molecule has 0 aliphatic carbocycles. The van der Waals surface area contributed by atoms with Gasteiger partial charge < -0.3 is 4.74 Å². The second-order valence-electron chi connectivity index (χ2n) is 5.09. The zero-order valence-corrected chi connectivity index (χ0v) is 13.9. The fourth-order valence-corrected chi connectivity index (χ4v) is 2.20. The number of hydrazone groups is 1. The van der Waals surface area contributed by atoms with Gasteiger partial charge in [-0.1, -0.05) is 42.8 Å². The average Bonchev–Trinajstić information content (AvgIpc) is 2.54. The van der Waals surface area contributed by atoms with Crippen LogP contribution in [0.4, 0.5) is 0 Å². The standard InChI is InChI=1S/C18H19ClN2O2/c1-3-14-4-6-15(7-5-14)11-20-21-18(22)12-23-17-9-8-16(19)10-13(17)2/h4-11H,3,12H2,1-2H3,(H,21,22). The largest absolute Gasteiger partial charge is 0.483 e. The van der Waals surface area contributed by atoms with Gasteiger partial charge in [0.05, 0.1) is 6.21 Å². The number of benzene rings is 2. The van der Waals surface area contributed by atoms with Gasteiger partial charge in [0.2, 0.25) is 0 Å². The predicted octanol–water partition coefficient (Wildman–Crippen LogP) is 3.74. The molecule has 1 N–H and O–H groups in total. The molecular weight excluding hydrogens is 312 g/mol. The van der Waals surface area contributed by atoms with E-state index in [1.807, 2.05) is 31.2 Å². The lowest BCUT2D eigenvalue weighted by molar-refractivity contribution is -0.123. The number of nitrogens with one attached hydrogen (secondary N) is 1. The topological polar surface area (TPSA) is 50.7 Å². The fourth-order valence-electron chi connectivity index (χ4n) is 1.97. The summed E-state index contributed by atoms with van der Waals surface area (Å²) in [4.78, 5) is 11.7. The first-order valence-corrected chi connectivity index (χ1v) is 7.76. The fraction of sp³-hybridized carbons (Fsp3) is 0.222. The summed E-state index contributed by atoms with van der Waals surface area (Å²) in [5.41, 5.74) is 5.51. The number of hydrogen-bond donors (Lipinski definition) is 1. The van der Waals surface area contributed by atoms with E-state index >= 15 is 0 Å². The first-order chi connectivity index (χ1) is 11.1. The van der Waals surface area contributed by atoms with E-state index in [1.165, 1.54) is 5.56 Å².